The van der Waals surface area contributed by atoms with E-state index in [-0.39, 0.29) is 16.7 Å². The molecule has 1 saturated carbocycles. The highest BCUT2D eigenvalue weighted by Crippen LogP contribution is 2.61. The van der Waals surface area contributed by atoms with Crippen molar-refractivity contribution in [1.29, 1.82) is 0 Å². The first-order chi connectivity index (χ1) is 12.1. The number of hydrogen-bond acceptors (Lipinski definition) is 3. The third-order valence-corrected chi connectivity index (χ3v) is 7.36. The zero-order valence-electron chi connectivity index (χ0n) is 15.1. The van der Waals surface area contributed by atoms with Crippen LogP contribution < -0.4 is 10.1 Å². The third-order valence-electron chi connectivity index (χ3n) is 7.36. The van der Waals surface area contributed by atoms with Crippen molar-refractivity contribution in [3.05, 3.63) is 29.3 Å². The van der Waals surface area contributed by atoms with Crippen molar-refractivity contribution in [3.8, 4) is 5.75 Å². The van der Waals surface area contributed by atoms with E-state index in [0.29, 0.717) is 6.42 Å². The molecular weight excluding hydrogens is 312 g/mol. The monoisotopic (exact) mass is 340 g/mol. The summed E-state index contributed by atoms with van der Waals surface area (Å²) in [7, 11) is 1.74. The standard InChI is InChI=1S/C21H28N2O2/c1-25-17-5-4-16-11-20-6-8-22-19(24)12-21(20,18(16)10-17)7-9-23(14-20)13-15-2-3-15/h4-5,10,15H,2-3,6-9,11-14H2,1H3,(H,22,24)/t20-,21+/m0/s1. The molecule has 2 atom stereocenters. The fourth-order valence-corrected chi connectivity index (χ4v) is 5.94. The van der Waals surface area contributed by atoms with Crippen molar-refractivity contribution in [2.24, 2.45) is 11.3 Å². The molecule has 0 unspecified atom stereocenters. The Balaban J connectivity index is 1.58. The van der Waals surface area contributed by atoms with Gasteiger partial charge in [0.1, 0.15) is 5.75 Å². The van der Waals surface area contributed by atoms with Crippen molar-refractivity contribution in [3.63, 3.8) is 0 Å². The predicted molar refractivity (Wildman–Crippen MR) is 96.8 cm³/mol. The highest BCUT2D eigenvalue weighted by molar-refractivity contribution is 5.79. The van der Waals surface area contributed by atoms with Gasteiger partial charge in [-0.25, -0.2) is 0 Å². The van der Waals surface area contributed by atoms with Crippen LogP contribution in [-0.2, 0) is 16.6 Å². The van der Waals surface area contributed by atoms with E-state index >= 15 is 0 Å². The molecule has 0 spiro atoms. The smallest absolute Gasteiger partial charge is 0.220 e. The Hall–Kier alpha value is -1.55. The molecule has 0 radical (unpaired) electrons. The summed E-state index contributed by atoms with van der Waals surface area (Å²) in [4.78, 5) is 15.3. The second-order valence-electron chi connectivity index (χ2n) is 8.77. The second-order valence-corrected chi connectivity index (χ2v) is 8.77. The zero-order chi connectivity index (χ0) is 17.1. The Morgan fingerprint density at radius 1 is 1.28 bits per heavy atom. The summed E-state index contributed by atoms with van der Waals surface area (Å²) in [5.41, 5.74) is 3.05. The van der Waals surface area contributed by atoms with Gasteiger partial charge >= 0.3 is 0 Å². The summed E-state index contributed by atoms with van der Waals surface area (Å²) < 4.78 is 5.52. The van der Waals surface area contributed by atoms with Crippen LogP contribution in [-0.4, -0.2) is 44.1 Å². The number of hydrogen-bond donors (Lipinski definition) is 1. The fraction of sp³-hybridized carbons (Fsp3) is 0.667. The van der Waals surface area contributed by atoms with Crippen molar-refractivity contribution in [1.82, 2.24) is 10.2 Å². The quantitative estimate of drug-likeness (QED) is 0.919. The van der Waals surface area contributed by atoms with E-state index in [1.807, 2.05) is 0 Å². The Labute approximate surface area is 149 Å². The summed E-state index contributed by atoms with van der Waals surface area (Å²) in [6.45, 7) is 4.36. The molecule has 134 valence electrons. The zero-order valence-corrected chi connectivity index (χ0v) is 15.1. The molecule has 1 aromatic carbocycles. The number of nitrogens with one attached hydrogen (secondary N) is 1. The molecule has 3 fully saturated rings. The predicted octanol–water partition coefficient (Wildman–Crippen LogP) is 2.50. The minimum Gasteiger partial charge on any atom is -0.497 e. The van der Waals surface area contributed by atoms with Gasteiger partial charge < -0.3 is 15.0 Å². The van der Waals surface area contributed by atoms with Crippen LogP contribution in [0.5, 0.6) is 5.75 Å². The van der Waals surface area contributed by atoms with Crippen molar-refractivity contribution >= 4 is 5.91 Å². The van der Waals surface area contributed by atoms with Crippen LogP contribution >= 0.6 is 0 Å². The van der Waals surface area contributed by atoms with Crippen LogP contribution in [0.25, 0.3) is 0 Å². The normalized spacial score (nSPS) is 34.5. The van der Waals surface area contributed by atoms with Gasteiger partial charge in [0.05, 0.1) is 7.11 Å². The van der Waals surface area contributed by atoms with Crippen LogP contribution in [0.1, 0.15) is 43.2 Å². The molecule has 4 aliphatic rings. The number of fused-ring (bicyclic) bond motifs is 1. The highest BCUT2D eigenvalue weighted by Gasteiger charge is 2.61. The Kier molecular flexibility index (Phi) is 3.43. The third kappa shape index (κ3) is 2.33. The minimum atomic E-state index is -0.00247. The van der Waals surface area contributed by atoms with Gasteiger partial charge in [-0.1, -0.05) is 6.07 Å². The van der Waals surface area contributed by atoms with E-state index in [2.05, 4.69) is 28.4 Å². The van der Waals surface area contributed by atoms with Crippen LogP contribution in [0.4, 0.5) is 0 Å². The van der Waals surface area contributed by atoms with Crippen LogP contribution in [0.2, 0.25) is 0 Å². The fourth-order valence-electron chi connectivity index (χ4n) is 5.94. The lowest BCUT2D eigenvalue weighted by molar-refractivity contribution is -0.123. The molecule has 2 aliphatic heterocycles. The summed E-state index contributed by atoms with van der Waals surface area (Å²) in [6, 6.07) is 6.57. The number of likely N-dealkylation sites (tertiary alicyclic amines) is 1. The van der Waals surface area contributed by atoms with E-state index in [0.717, 1.165) is 50.6 Å². The molecular formula is C21H28N2O2. The molecule has 1 N–H and O–H groups in total. The average Bonchev–Trinajstić information content (AvgIpc) is 3.38. The van der Waals surface area contributed by atoms with E-state index in [9.17, 15) is 4.79 Å². The van der Waals surface area contributed by atoms with Gasteiger partial charge in [-0.3, -0.25) is 4.79 Å². The van der Waals surface area contributed by atoms with Crippen molar-refractivity contribution < 1.29 is 9.53 Å². The average molecular weight is 340 g/mol. The lowest BCUT2D eigenvalue weighted by atomic mass is 9.57. The number of nitrogens with zero attached hydrogens (tertiary/aromatic N) is 1. The summed E-state index contributed by atoms with van der Waals surface area (Å²) >= 11 is 0. The molecule has 0 aromatic heterocycles. The molecule has 0 bridgehead atoms. The molecule has 5 rings (SSSR count). The lowest BCUT2D eigenvalue weighted by Gasteiger charge is -2.52. The summed E-state index contributed by atoms with van der Waals surface area (Å²) in [5, 5.41) is 3.16. The molecule has 4 nitrogen and oxygen atoms in total. The molecule has 4 heteroatoms. The van der Waals surface area contributed by atoms with Crippen molar-refractivity contribution in [2.75, 3.05) is 33.3 Å². The summed E-state index contributed by atoms with van der Waals surface area (Å²) in [5.74, 6) is 2.08. The van der Waals surface area contributed by atoms with Crippen LogP contribution in [0.3, 0.4) is 0 Å². The topological polar surface area (TPSA) is 41.6 Å². The minimum absolute atomic E-state index is 0.00247. The molecule has 1 aromatic rings. The van der Waals surface area contributed by atoms with Crippen LogP contribution in [0, 0.1) is 11.3 Å². The number of carbonyl (C=O) groups is 1. The van der Waals surface area contributed by atoms with Gasteiger partial charge in [0.25, 0.3) is 0 Å². The van der Waals surface area contributed by atoms with Gasteiger partial charge in [-0.2, -0.15) is 0 Å². The number of benzene rings is 1. The molecule has 2 saturated heterocycles. The number of carbonyl (C=O) groups excluding carboxylic acids is 1. The first-order valence-electron chi connectivity index (χ1n) is 9.81. The Bertz CT molecular complexity index is 714. The maximum absolute atomic E-state index is 12.5. The van der Waals surface area contributed by atoms with Gasteiger partial charge in [-0.05, 0) is 73.2 Å². The second kappa shape index (κ2) is 5.47. The SMILES string of the molecule is COc1ccc2c(c1)[C@]13CCN(CC4CC4)C[C@]1(CCNC(=O)C3)C2. The van der Waals surface area contributed by atoms with Gasteiger partial charge in [0.15, 0.2) is 0 Å². The number of amides is 1. The molecule has 2 heterocycles. The molecule has 1 amide bonds. The van der Waals surface area contributed by atoms with E-state index in [1.165, 1.54) is 30.5 Å². The van der Waals surface area contributed by atoms with Crippen molar-refractivity contribution in [2.45, 2.75) is 43.9 Å². The number of ether oxygens (including phenoxy) is 1. The van der Waals surface area contributed by atoms with Gasteiger partial charge in [0, 0.05) is 31.5 Å². The van der Waals surface area contributed by atoms with E-state index in [1.54, 1.807) is 7.11 Å². The molecule has 2 aliphatic carbocycles. The largest absolute Gasteiger partial charge is 0.497 e. The Morgan fingerprint density at radius 2 is 2.16 bits per heavy atom. The highest BCUT2D eigenvalue weighted by atomic mass is 16.5. The molecule has 25 heavy (non-hydrogen) atoms. The Morgan fingerprint density at radius 3 is 2.96 bits per heavy atom. The number of rotatable bonds is 3. The number of piperidine rings is 1. The first-order valence-corrected chi connectivity index (χ1v) is 9.81. The van der Waals surface area contributed by atoms with Gasteiger partial charge in [-0.15, -0.1) is 0 Å². The maximum Gasteiger partial charge on any atom is 0.220 e. The van der Waals surface area contributed by atoms with E-state index in [4.69, 9.17) is 4.74 Å². The van der Waals surface area contributed by atoms with Gasteiger partial charge in [0.2, 0.25) is 5.91 Å². The summed E-state index contributed by atoms with van der Waals surface area (Å²) in [6.07, 6.45) is 6.77. The lowest BCUT2D eigenvalue weighted by Crippen LogP contribution is -2.56. The number of methoxy groups -OCH3 is 1. The first kappa shape index (κ1) is 15.7. The maximum atomic E-state index is 12.5. The van der Waals surface area contributed by atoms with E-state index < -0.39 is 0 Å². The van der Waals surface area contributed by atoms with Crippen LogP contribution in [0.15, 0.2) is 18.2 Å².